The van der Waals surface area contributed by atoms with Gasteiger partial charge in [-0.05, 0) is 24.3 Å². The summed E-state index contributed by atoms with van der Waals surface area (Å²) in [6.07, 6.45) is -0.859. The van der Waals surface area contributed by atoms with Gasteiger partial charge >= 0.3 is 6.03 Å². The van der Waals surface area contributed by atoms with Crippen LogP contribution in [-0.4, -0.2) is 50.7 Å². The highest BCUT2D eigenvalue weighted by Crippen LogP contribution is 2.32. The smallest absolute Gasteiger partial charge is 0.319 e. The largest absolute Gasteiger partial charge is 0.497 e. The van der Waals surface area contributed by atoms with Gasteiger partial charge in [0, 0.05) is 24.4 Å². The van der Waals surface area contributed by atoms with Crippen molar-refractivity contribution >= 4 is 11.7 Å². The van der Waals surface area contributed by atoms with Crippen LogP contribution in [0.2, 0.25) is 0 Å². The van der Waals surface area contributed by atoms with Crippen LogP contribution in [0.15, 0.2) is 42.5 Å². The molecule has 0 saturated carbocycles. The fraction of sp³-hybridized carbons (Fsp3) is 0.316. The van der Waals surface area contributed by atoms with Gasteiger partial charge < -0.3 is 34.7 Å². The SMILES string of the molecule is COc1cccc(OC[C@H](O)CNC(=O)Nc2ccc3c(c2)OCCO3)c1. The first kappa shape index (κ1) is 18.7. The molecule has 1 aliphatic rings. The summed E-state index contributed by atoms with van der Waals surface area (Å²) < 4.78 is 21.5. The molecule has 27 heavy (non-hydrogen) atoms. The number of carbonyl (C=O) groups excluding carboxylic acids is 1. The molecule has 2 amide bonds. The lowest BCUT2D eigenvalue weighted by Gasteiger charge is -2.19. The number of anilines is 1. The molecule has 8 heteroatoms. The van der Waals surface area contributed by atoms with Gasteiger partial charge in [-0.25, -0.2) is 4.79 Å². The van der Waals surface area contributed by atoms with Crippen molar-refractivity contribution in [1.82, 2.24) is 5.32 Å². The molecule has 0 fully saturated rings. The molecule has 2 aromatic carbocycles. The van der Waals surface area contributed by atoms with E-state index in [9.17, 15) is 9.90 Å². The molecule has 144 valence electrons. The van der Waals surface area contributed by atoms with Crippen molar-refractivity contribution in [2.45, 2.75) is 6.10 Å². The second-order valence-electron chi connectivity index (χ2n) is 5.84. The molecule has 0 bridgehead atoms. The maximum atomic E-state index is 12.0. The van der Waals surface area contributed by atoms with Crippen molar-refractivity contribution in [3.05, 3.63) is 42.5 Å². The molecule has 0 aliphatic carbocycles. The Kier molecular flexibility index (Phi) is 6.22. The van der Waals surface area contributed by atoms with E-state index in [1.165, 1.54) is 0 Å². The third-order valence-corrected chi connectivity index (χ3v) is 3.78. The van der Waals surface area contributed by atoms with Crippen LogP contribution in [0.25, 0.3) is 0 Å². The molecule has 3 rings (SSSR count). The Labute approximate surface area is 157 Å². The predicted molar refractivity (Wildman–Crippen MR) is 98.9 cm³/mol. The van der Waals surface area contributed by atoms with Crippen LogP contribution in [-0.2, 0) is 0 Å². The number of ether oxygens (including phenoxy) is 4. The number of hydrogen-bond acceptors (Lipinski definition) is 6. The normalized spacial score (nSPS) is 13.4. The summed E-state index contributed by atoms with van der Waals surface area (Å²) in [5.74, 6) is 2.48. The zero-order chi connectivity index (χ0) is 19.1. The van der Waals surface area contributed by atoms with Crippen LogP contribution < -0.4 is 29.6 Å². The highest BCUT2D eigenvalue weighted by Gasteiger charge is 2.13. The number of aliphatic hydroxyl groups excluding tert-OH is 1. The van der Waals surface area contributed by atoms with Crippen molar-refractivity contribution in [3.8, 4) is 23.0 Å². The zero-order valence-electron chi connectivity index (χ0n) is 14.9. The molecular formula is C19H22N2O6. The monoisotopic (exact) mass is 374 g/mol. The van der Waals surface area contributed by atoms with Gasteiger partial charge in [-0.1, -0.05) is 6.07 Å². The van der Waals surface area contributed by atoms with E-state index in [1.807, 2.05) is 0 Å². The standard InChI is InChI=1S/C19H22N2O6/c1-24-15-3-2-4-16(10-15)27-12-14(22)11-20-19(23)21-13-5-6-17-18(9-13)26-8-7-25-17/h2-6,9-10,14,22H,7-8,11-12H2,1H3,(H2,20,21,23)/t14-/m1/s1. The Balaban J connectivity index is 1.41. The fourth-order valence-electron chi connectivity index (χ4n) is 2.45. The van der Waals surface area contributed by atoms with Crippen LogP contribution in [0.1, 0.15) is 0 Å². The Hall–Kier alpha value is -3.13. The number of methoxy groups -OCH3 is 1. The second-order valence-corrected chi connectivity index (χ2v) is 5.84. The van der Waals surface area contributed by atoms with E-state index in [0.717, 1.165) is 0 Å². The number of carbonyl (C=O) groups is 1. The average Bonchev–Trinajstić information content (AvgIpc) is 2.71. The number of amides is 2. The van der Waals surface area contributed by atoms with E-state index in [0.29, 0.717) is 41.9 Å². The summed E-state index contributed by atoms with van der Waals surface area (Å²) >= 11 is 0. The third-order valence-electron chi connectivity index (χ3n) is 3.78. The van der Waals surface area contributed by atoms with Gasteiger partial charge in [0.05, 0.1) is 7.11 Å². The van der Waals surface area contributed by atoms with Crippen LogP contribution >= 0.6 is 0 Å². The van der Waals surface area contributed by atoms with Crippen molar-refractivity contribution in [3.63, 3.8) is 0 Å². The number of rotatable bonds is 7. The first-order valence-electron chi connectivity index (χ1n) is 8.53. The number of urea groups is 1. The first-order valence-corrected chi connectivity index (χ1v) is 8.53. The number of fused-ring (bicyclic) bond motifs is 1. The molecule has 0 saturated heterocycles. The lowest BCUT2D eigenvalue weighted by Crippen LogP contribution is -2.37. The molecule has 8 nitrogen and oxygen atoms in total. The third kappa shape index (κ3) is 5.42. The summed E-state index contributed by atoms with van der Waals surface area (Å²) in [6, 6.07) is 11.8. The van der Waals surface area contributed by atoms with Gasteiger partial charge in [-0.2, -0.15) is 0 Å². The number of hydrogen-bond donors (Lipinski definition) is 3. The van der Waals surface area contributed by atoms with Gasteiger partial charge in [-0.3, -0.25) is 0 Å². The molecule has 1 aliphatic heterocycles. The van der Waals surface area contributed by atoms with Crippen LogP contribution in [0.4, 0.5) is 10.5 Å². The van der Waals surface area contributed by atoms with Crippen molar-refractivity contribution in [1.29, 1.82) is 0 Å². The summed E-state index contributed by atoms with van der Waals surface area (Å²) in [4.78, 5) is 12.0. The van der Waals surface area contributed by atoms with E-state index in [2.05, 4.69) is 10.6 Å². The van der Waals surface area contributed by atoms with Crippen molar-refractivity contribution in [2.75, 3.05) is 38.8 Å². The summed E-state index contributed by atoms with van der Waals surface area (Å²) in [7, 11) is 1.57. The maximum absolute atomic E-state index is 12.0. The summed E-state index contributed by atoms with van der Waals surface area (Å²) in [5, 5.41) is 15.2. The zero-order valence-corrected chi connectivity index (χ0v) is 14.9. The molecule has 0 unspecified atom stereocenters. The summed E-state index contributed by atoms with van der Waals surface area (Å²) in [6.45, 7) is 1.07. The molecule has 1 atom stereocenters. The number of benzene rings is 2. The molecule has 1 heterocycles. The molecule has 3 N–H and O–H groups in total. The van der Waals surface area contributed by atoms with E-state index in [1.54, 1.807) is 49.6 Å². The number of aliphatic hydroxyl groups is 1. The minimum absolute atomic E-state index is 0.0392. The summed E-state index contributed by atoms with van der Waals surface area (Å²) in [5.41, 5.74) is 0.568. The maximum Gasteiger partial charge on any atom is 0.319 e. The van der Waals surface area contributed by atoms with Crippen LogP contribution in [0, 0.1) is 0 Å². The van der Waals surface area contributed by atoms with Crippen LogP contribution in [0.5, 0.6) is 23.0 Å². The topological polar surface area (TPSA) is 98.3 Å². The van der Waals surface area contributed by atoms with Crippen molar-refractivity contribution < 1.29 is 28.8 Å². The van der Waals surface area contributed by atoms with E-state index < -0.39 is 12.1 Å². The Bertz CT molecular complexity index is 783. The Morgan fingerprint density at radius 2 is 1.93 bits per heavy atom. The molecule has 0 aromatic heterocycles. The molecule has 0 spiro atoms. The molecule has 0 radical (unpaired) electrons. The average molecular weight is 374 g/mol. The predicted octanol–water partition coefficient (Wildman–Crippen LogP) is 2.03. The Morgan fingerprint density at radius 1 is 1.15 bits per heavy atom. The highest BCUT2D eigenvalue weighted by atomic mass is 16.6. The van der Waals surface area contributed by atoms with E-state index in [4.69, 9.17) is 18.9 Å². The van der Waals surface area contributed by atoms with Gasteiger partial charge in [0.15, 0.2) is 11.5 Å². The van der Waals surface area contributed by atoms with Gasteiger partial charge in [0.2, 0.25) is 0 Å². The number of nitrogens with one attached hydrogen (secondary N) is 2. The second kappa shape index (κ2) is 9.00. The quantitative estimate of drug-likeness (QED) is 0.686. The van der Waals surface area contributed by atoms with Crippen LogP contribution in [0.3, 0.4) is 0 Å². The first-order chi connectivity index (χ1) is 13.1. The van der Waals surface area contributed by atoms with Gasteiger partial charge in [0.25, 0.3) is 0 Å². The minimum Gasteiger partial charge on any atom is -0.497 e. The fourth-order valence-corrected chi connectivity index (χ4v) is 2.45. The molecule has 2 aromatic rings. The van der Waals surface area contributed by atoms with Gasteiger partial charge in [-0.15, -0.1) is 0 Å². The highest BCUT2D eigenvalue weighted by molar-refractivity contribution is 5.89. The van der Waals surface area contributed by atoms with E-state index in [-0.39, 0.29) is 13.2 Å². The lowest BCUT2D eigenvalue weighted by atomic mass is 10.2. The lowest BCUT2D eigenvalue weighted by molar-refractivity contribution is 0.108. The van der Waals surface area contributed by atoms with E-state index >= 15 is 0 Å². The Morgan fingerprint density at radius 3 is 2.74 bits per heavy atom. The minimum atomic E-state index is -0.859. The molecular weight excluding hydrogens is 352 g/mol. The van der Waals surface area contributed by atoms with Gasteiger partial charge in [0.1, 0.15) is 37.4 Å². The van der Waals surface area contributed by atoms with Crippen molar-refractivity contribution in [2.24, 2.45) is 0 Å².